The molecule has 0 saturated carbocycles. The highest BCUT2D eigenvalue weighted by molar-refractivity contribution is 5.91. The first-order valence-electron chi connectivity index (χ1n) is 14.2. The van der Waals surface area contributed by atoms with Gasteiger partial charge >= 0.3 is 24.5 Å². The van der Waals surface area contributed by atoms with Gasteiger partial charge in [0.25, 0.3) is 0 Å². The third-order valence-electron chi connectivity index (χ3n) is 7.42. The van der Waals surface area contributed by atoms with Gasteiger partial charge in [0.1, 0.15) is 6.61 Å². The lowest BCUT2D eigenvalue weighted by atomic mass is 9.90. The van der Waals surface area contributed by atoms with Crippen molar-refractivity contribution < 1.29 is 54.9 Å². The zero-order valence-corrected chi connectivity index (χ0v) is 25.4. The number of anilines is 1. The number of carbonyl (C=O) groups excluding carboxylic acids is 2. The summed E-state index contributed by atoms with van der Waals surface area (Å²) in [7, 11) is 2.42. The van der Waals surface area contributed by atoms with Crippen molar-refractivity contribution in [3.63, 3.8) is 0 Å². The fraction of sp³-hybridized carbons (Fsp3) is 0.375. The van der Waals surface area contributed by atoms with Crippen molar-refractivity contribution in [3.05, 3.63) is 88.5 Å². The molecule has 1 aliphatic heterocycles. The zero-order valence-electron chi connectivity index (χ0n) is 25.4. The average molecular weight is 655 g/mol. The van der Waals surface area contributed by atoms with Crippen LogP contribution in [0.3, 0.4) is 0 Å². The Morgan fingerprint density at radius 1 is 0.891 bits per heavy atom. The Morgan fingerprint density at radius 2 is 1.52 bits per heavy atom. The van der Waals surface area contributed by atoms with E-state index in [1.807, 2.05) is 30.3 Å². The van der Waals surface area contributed by atoms with E-state index in [1.54, 1.807) is 13.8 Å². The Hall–Kier alpha value is -4.62. The Labute approximate surface area is 261 Å². The van der Waals surface area contributed by atoms with Crippen molar-refractivity contribution in [2.24, 2.45) is 0 Å². The summed E-state index contributed by atoms with van der Waals surface area (Å²) in [5, 5.41) is 0. The van der Waals surface area contributed by atoms with Gasteiger partial charge in [-0.05, 0) is 55.7 Å². The topological polar surface area (TPSA) is 77.5 Å². The summed E-state index contributed by atoms with van der Waals surface area (Å²) in [6, 6.07) is 11.8. The highest BCUT2D eigenvalue weighted by atomic mass is 19.4. The summed E-state index contributed by atoms with van der Waals surface area (Å²) >= 11 is 0. The monoisotopic (exact) mass is 654 g/mol. The molecule has 1 heterocycles. The van der Waals surface area contributed by atoms with Gasteiger partial charge in [-0.3, -0.25) is 9.80 Å². The molecule has 0 aliphatic carbocycles. The second-order valence-corrected chi connectivity index (χ2v) is 10.5. The molecule has 3 aromatic rings. The molecule has 14 heteroatoms. The standard InChI is InChI=1S/C32H32F6N2O6/c1-5-45-30(42)40-19(2)11-25(24-15-27(43-3)28(16-26(24)40)46-18-20-9-7-6-8-10-20)39(29(41)44-4)17-21-12-22(31(33,34)35)14-23(13-21)32(36,37)38/h6-10,12-16,19,25H,5,11,17-18H2,1-4H3. The van der Waals surface area contributed by atoms with Crippen LogP contribution < -0.4 is 14.4 Å². The van der Waals surface area contributed by atoms with Gasteiger partial charge in [-0.25, -0.2) is 9.59 Å². The zero-order chi connectivity index (χ0) is 33.8. The second kappa shape index (κ2) is 13.8. The average Bonchev–Trinajstić information content (AvgIpc) is 3.01. The van der Waals surface area contributed by atoms with Crippen LogP contribution in [0.5, 0.6) is 11.5 Å². The summed E-state index contributed by atoms with van der Waals surface area (Å²) in [5.74, 6) is 0.450. The summed E-state index contributed by atoms with van der Waals surface area (Å²) in [4.78, 5) is 28.7. The number of amides is 2. The van der Waals surface area contributed by atoms with Crippen LogP contribution in [-0.4, -0.2) is 44.0 Å². The molecule has 248 valence electrons. The molecular weight excluding hydrogens is 622 g/mol. The minimum absolute atomic E-state index is 0.0169. The highest BCUT2D eigenvalue weighted by Gasteiger charge is 2.42. The minimum atomic E-state index is -5.08. The molecule has 0 fully saturated rings. The van der Waals surface area contributed by atoms with Crippen molar-refractivity contribution in [3.8, 4) is 11.5 Å². The number of benzene rings is 3. The third-order valence-corrected chi connectivity index (χ3v) is 7.42. The smallest absolute Gasteiger partial charge is 0.416 e. The van der Waals surface area contributed by atoms with E-state index in [9.17, 15) is 35.9 Å². The van der Waals surface area contributed by atoms with Crippen molar-refractivity contribution in [1.82, 2.24) is 4.90 Å². The lowest BCUT2D eigenvalue weighted by Gasteiger charge is -2.42. The molecule has 0 spiro atoms. The molecule has 2 amide bonds. The molecule has 0 N–H and O–H groups in total. The second-order valence-electron chi connectivity index (χ2n) is 10.5. The van der Waals surface area contributed by atoms with Gasteiger partial charge in [-0.1, -0.05) is 30.3 Å². The predicted molar refractivity (Wildman–Crippen MR) is 154 cm³/mol. The van der Waals surface area contributed by atoms with Crippen LogP contribution in [0.25, 0.3) is 0 Å². The molecule has 0 bridgehead atoms. The van der Waals surface area contributed by atoms with Crippen molar-refractivity contribution >= 4 is 17.9 Å². The number of nitrogens with zero attached hydrogens (tertiary/aromatic N) is 2. The predicted octanol–water partition coefficient (Wildman–Crippen LogP) is 8.38. The van der Waals surface area contributed by atoms with Gasteiger partial charge in [0.05, 0.1) is 43.7 Å². The number of ether oxygens (including phenoxy) is 4. The third kappa shape index (κ3) is 7.60. The van der Waals surface area contributed by atoms with E-state index >= 15 is 0 Å². The van der Waals surface area contributed by atoms with Gasteiger partial charge in [0, 0.05) is 24.2 Å². The minimum Gasteiger partial charge on any atom is -0.493 e. The fourth-order valence-corrected chi connectivity index (χ4v) is 5.33. The number of alkyl halides is 6. The first-order chi connectivity index (χ1) is 21.7. The largest absolute Gasteiger partial charge is 0.493 e. The van der Waals surface area contributed by atoms with Gasteiger partial charge in [-0.2, -0.15) is 26.3 Å². The van der Waals surface area contributed by atoms with E-state index in [0.717, 1.165) is 17.6 Å². The van der Waals surface area contributed by atoms with E-state index in [2.05, 4.69) is 0 Å². The van der Waals surface area contributed by atoms with E-state index in [0.29, 0.717) is 17.7 Å². The molecule has 8 nitrogen and oxygen atoms in total. The molecule has 4 rings (SSSR count). The maximum absolute atomic E-state index is 13.6. The maximum atomic E-state index is 13.6. The molecule has 3 aromatic carbocycles. The summed E-state index contributed by atoms with van der Waals surface area (Å²) in [6.07, 6.45) is -11.9. The summed E-state index contributed by atoms with van der Waals surface area (Å²) in [6.45, 7) is 2.81. The SMILES string of the molecule is CCOC(=O)N1c2cc(OCc3ccccc3)c(OC)cc2C(N(Cc2cc(C(F)(F)F)cc(C(F)(F)F)c2)C(=O)OC)CC1C. The van der Waals surface area contributed by atoms with Crippen molar-refractivity contribution in [2.75, 3.05) is 25.7 Å². The Kier molecular flexibility index (Phi) is 10.3. The van der Waals surface area contributed by atoms with Crippen LogP contribution in [-0.2, 0) is 35.0 Å². The summed E-state index contributed by atoms with van der Waals surface area (Å²) in [5.41, 5.74) is -2.07. The number of methoxy groups -OCH3 is 2. The van der Waals surface area contributed by atoms with E-state index in [4.69, 9.17) is 18.9 Å². The van der Waals surface area contributed by atoms with Crippen LogP contribution in [0.2, 0.25) is 0 Å². The number of halogens is 6. The van der Waals surface area contributed by atoms with Crippen LogP contribution in [0.1, 0.15) is 54.1 Å². The van der Waals surface area contributed by atoms with Crippen LogP contribution in [0.15, 0.2) is 60.7 Å². The number of fused-ring (bicyclic) bond motifs is 1. The quantitative estimate of drug-likeness (QED) is 0.227. The lowest BCUT2D eigenvalue weighted by molar-refractivity contribution is -0.143. The fourth-order valence-electron chi connectivity index (χ4n) is 5.33. The lowest BCUT2D eigenvalue weighted by Crippen LogP contribution is -2.47. The molecule has 2 atom stereocenters. The van der Waals surface area contributed by atoms with Crippen LogP contribution in [0, 0.1) is 0 Å². The number of hydrogen-bond donors (Lipinski definition) is 0. The van der Waals surface area contributed by atoms with Gasteiger partial charge in [-0.15, -0.1) is 0 Å². The van der Waals surface area contributed by atoms with Gasteiger partial charge in [0.2, 0.25) is 0 Å². The molecule has 46 heavy (non-hydrogen) atoms. The van der Waals surface area contributed by atoms with Gasteiger partial charge in [0.15, 0.2) is 11.5 Å². The van der Waals surface area contributed by atoms with E-state index < -0.39 is 59.9 Å². The molecule has 2 unspecified atom stereocenters. The number of rotatable bonds is 8. The molecule has 0 aromatic heterocycles. The first-order valence-corrected chi connectivity index (χ1v) is 14.2. The number of carbonyl (C=O) groups is 2. The normalized spacial score (nSPS) is 16.3. The van der Waals surface area contributed by atoms with Crippen molar-refractivity contribution in [1.29, 1.82) is 0 Å². The van der Waals surface area contributed by atoms with Gasteiger partial charge < -0.3 is 18.9 Å². The van der Waals surface area contributed by atoms with Crippen molar-refractivity contribution in [2.45, 2.75) is 57.9 Å². The highest BCUT2D eigenvalue weighted by Crippen LogP contribution is 2.47. The van der Waals surface area contributed by atoms with E-state index in [-0.39, 0.29) is 42.9 Å². The first kappa shape index (κ1) is 34.3. The Bertz CT molecular complexity index is 1510. The van der Waals surface area contributed by atoms with Crippen LogP contribution >= 0.6 is 0 Å². The Morgan fingerprint density at radius 3 is 2.07 bits per heavy atom. The molecule has 1 aliphatic rings. The maximum Gasteiger partial charge on any atom is 0.416 e. The van der Waals surface area contributed by atoms with E-state index in [1.165, 1.54) is 24.1 Å². The Balaban J connectivity index is 1.84. The molecule has 0 radical (unpaired) electrons. The molecular formula is C32H32F6N2O6. The molecule has 0 saturated heterocycles. The number of hydrogen-bond acceptors (Lipinski definition) is 6. The summed E-state index contributed by atoms with van der Waals surface area (Å²) < 4.78 is 104. The van der Waals surface area contributed by atoms with Crippen LogP contribution in [0.4, 0.5) is 41.6 Å².